The van der Waals surface area contributed by atoms with Crippen LogP contribution in [0.25, 0.3) is 0 Å². The van der Waals surface area contributed by atoms with E-state index in [4.69, 9.17) is 4.74 Å². The number of aryl methyl sites for hydroxylation is 1. The van der Waals surface area contributed by atoms with Crippen LogP contribution in [0.15, 0.2) is 30.6 Å². The molecule has 0 bridgehead atoms. The van der Waals surface area contributed by atoms with Crippen molar-refractivity contribution >= 4 is 11.5 Å². The normalized spacial score (nSPS) is 10.2. The van der Waals surface area contributed by atoms with Crippen molar-refractivity contribution in [1.82, 2.24) is 9.97 Å². The van der Waals surface area contributed by atoms with Crippen LogP contribution < -0.4 is 10.1 Å². The van der Waals surface area contributed by atoms with E-state index in [1.54, 1.807) is 12.3 Å². The Kier molecular flexibility index (Phi) is 4.65. The lowest BCUT2D eigenvalue weighted by atomic mass is 10.2. The van der Waals surface area contributed by atoms with Crippen molar-refractivity contribution in [3.8, 4) is 11.6 Å². The maximum atomic E-state index is 10.8. The molecule has 0 saturated heterocycles. The molecule has 0 fully saturated rings. The summed E-state index contributed by atoms with van der Waals surface area (Å²) in [4.78, 5) is 18.6. The summed E-state index contributed by atoms with van der Waals surface area (Å²) in [6.45, 7) is 4.65. The largest absolute Gasteiger partial charge is 0.437 e. The topological polar surface area (TPSA) is 90.2 Å². The molecular formula is C14H16N4O3. The first-order chi connectivity index (χ1) is 10.1. The number of nitrogens with zero attached hydrogens (tertiary/aromatic N) is 3. The summed E-state index contributed by atoms with van der Waals surface area (Å²) in [7, 11) is 0. The highest BCUT2D eigenvalue weighted by Crippen LogP contribution is 2.28. The fourth-order valence-electron chi connectivity index (χ4n) is 1.66. The average Bonchev–Trinajstić information content (AvgIpc) is 2.47. The Balaban J connectivity index is 2.21. The maximum Gasteiger partial charge on any atom is 0.273 e. The maximum absolute atomic E-state index is 10.8. The Bertz CT molecular complexity index is 646. The number of nitro groups is 1. The molecule has 0 aliphatic carbocycles. The number of nitro benzene ring substituents is 1. The van der Waals surface area contributed by atoms with Crippen LogP contribution >= 0.6 is 0 Å². The van der Waals surface area contributed by atoms with Crippen molar-refractivity contribution < 1.29 is 9.66 Å². The number of ether oxygens (including phenoxy) is 1. The molecule has 1 aromatic heterocycles. The molecule has 0 atom stereocenters. The van der Waals surface area contributed by atoms with Gasteiger partial charge in [0.05, 0.1) is 23.4 Å². The summed E-state index contributed by atoms with van der Waals surface area (Å²) >= 11 is 0. The van der Waals surface area contributed by atoms with Gasteiger partial charge >= 0.3 is 0 Å². The van der Waals surface area contributed by atoms with Crippen LogP contribution in [-0.4, -0.2) is 21.4 Å². The van der Waals surface area contributed by atoms with Crippen molar-refractivity contribution in [2.45, 2.75) is 20.3 Å². The molecule has 7 nitrogen and oxygen atoms in total. The summed E-state index contributed by atoms with van der Waals surface area (Å²) < 4.78 is 5.60. The van der Waals surface area contributed by atoms with E-state index >= 15 is 0 Å². The van der Waals surface area contributed by atoms with Gasteiger partial charge in [0.25, 0.3) is 5.69 Å². The van der Waals surface area contributed by atoms with Crippen molar-refractivity contribution in [2.24, 2.45) is 0 Å². The van der Waals surface area contributed by atoms with E-state index in [-0.39, 0.29) is 5.69 Å². The van der Waals surface area contributed by atoms with Crippen LogP contribution in [0.3, 0.4) is 0 Å². The minimum absolute atomic E-state index is 0.0242. The van der Waals surface area contributed by atoms with Gasteiger partial charge in [-0.2, -0.15) is 4.98 Å². The second-order valence-electron chi connectivity index (χ2n) is 4.48. The molecule has 0 aliphatic heterocycles. The summed E-state index contributed by atoms with van der Waals surface area (Å²) in [6.07, 6.45) is 4.04. The van der Waals surface area contributed by atoms with Crippen molar-refractivity contribution in [2.75, 3.05) is 11.9 Å². The van der Waals surface area contributed by atoms with Gasteiger partial charge in [0.15, 0.2) is 0 Å². The molecule has 2 rings (SSSR count). The van der Waals surface area contributed by atoms with Crippen LogP contribution in [-0.2, 0) is 0 Å². The molecule has 0 amide bonds. The molecular weight excluding hydrogens is 272 g/mol. The highest BCUT2D eigenvalue weighted by atomic mass is 16.6. The first-order valence-electron chi connectivity index (χ1n) is 6.59. The van der Waals surface area contributed by atoms with Gasteiger partial charge in [0.2, 0.25) is 5.88 Å². The molecule has 0 aliphatic rings. The fourth-order valence-corrected chi connectivity index (χ4v) is 1.66. The van der Waals surface area contributed by atoms with E-state index in [0.29, 0.717) is 17.4 Å². The number of aromatic nitrogens is 2. The second-order valence-corrected chi connectivity index (χ2v) is 4.48. The van der Waals surface area contributed by atoms with Gasteiger partial charge in [-0.15, -0.1) is 0 Å². The predicted molar refractivity (Wildman–Crippen MR) is 78.7 cm³/mol. The number of anilines is 1. The molecule has 21 heavy (non-hydrogen) atoms. The zero-order valence-corrected chi connectivity index (χ0v) is 11.9. The van der Waals surface area contributed by atoms with E-state index < -0.39 is 4.92 Å². The molecule has 1 aromatic carbocycles. The Morgan fingerprint density at radius 3 is 2.90 bits per heavy atom. The first-order valence-corrected chi connectivity index (χ1v) is 6.59. The van der Waals surface area contributed by atoms with Gasteiger partial charge in [0, 0.05) is 12.6 Å². The standard InChI is InChI=1S/C14H16N4O3/c1-3-6-16-13-8-15-9-14(17-13)21-12-7-11(18(19)20)5-4-10(12)2/h4-5,7-9H,3,6H2,1-2H3,(H,16,17). The molecule has 7 heteroatoms. The predicted octanol–water partition coefficient (Wildman–Crippen LogP) is 3.31. The van der Waals surface area contributed by atoms with Crippen LogP contribution in [0.5, 0.6) is 11.6 Å². The SMILES string of the molecule is CCCNc1cncc(Oc2cc([N+](=O)[O-])ccc2C)n1. The molecule has 2 aromatic rings. The van der Waals surface area contributed by atoms with E-state index in [1.807, 2.05) is 13.8 Å². The second kappa shape index (κ2) is 6.65. The number of nitrogens with one attached hydrogen (secondary N) is 1. The van der Waals surface area contributed by atoms with Gasteiger partial charge in [-0.3, -0.25) is 15.1 Å². The quantitative estimate of drug-likeness (QED) is 0.647. The minimum atomic E-state index is -0.461. The number of benzene rings is 1. The molecule has 1 N–H and O–H groups in total. The van der Waals surface area contributed by atoms with Crippen molar-refractivity contribution in [3.05, 3.63) is 46.3 Å². The first kappa shape index (κ1) is 14.7. The lowest BCUT2D eigenvalue weighted by Gasteiger charge is -2.09. The summed E-state index contributed by atoms with van der Waals surface area (Å²) in [5, 5.41) is 13.9. The smallest absolute Gasteiger partial charge is 0.273 e. The Labute approximate surface area is 122 Å². The van der Waals surface area contributed by atoms with E-state index in [0.717, 1.165) is 18.5 Å². The summed E-state index contributed by atoms with van der Waals surface area (Å²) in [6, 6.07) is 4.45. The molecule has 0 spiro atoms. The molecule has 1 heterocycles. The van der Waals surface area contributed by atoms with Crippen LogP contribution in [0.2, 0.25) is 0 Å². The monoisotopic (exact) mass is 288 g/mol. The number of hydrogen-bond donors (Lipinski definition) is 1. The fraction of sp³-hybridized carbons (Fsp3) is 0.286. The zero-order valence-electron chi connectivity index (χ0n) is 11.9. The zero-order chi connectivity index (χ0) is 15.2. The van der Waals surface area contributed by atoms with E-state index in [2.05, 4.69) is 15.3 Å². The summed E-state index contributed by atoms with van der Waals surface area (Å²) in [5.74, 6) is 1.29. The lowest BCUT2D eigenvalue weighted by molar-refractivity contribution is -0.384. The lowest BCUT2D eigenvalue weighted by Crippen LogP contribution is -2.03. The average molecular weight is 288 g/mol. The van der Waals surface area contributed by atoms with Gasteiger partial charge in [-0.05, 0) is 25.0 Å². The van der Waals surface area contributed by atoms with Crippen molar-refractivity contribution in [1.29, 1.82) is 0 Å². The highest BCUT2D eigenvalue weighted by Gasteiger charge is 2.11. The van der Waals surface area contributed by atoms with Crippen LogP contribution in [0.1, 0.15) is 18.9 Å². The molecule has 0 unspecified atom stereocenters. The van der Waals surface area contributed by atoms with Crippen LogP contribution in [0, 0.1) is 17.0 Å². The number of hydrogen-bond acceptors (Lipinski definition) is 6. The molecule has 110 valence electrons. The Hall–Kier alpha value is -2.70. The minimum Gasteiger partial charge on any atom is -0.437 e. The third-order valence-corrected chi connectivity index (χ3v) is 2.77. The third kappa shape index (κ3) is 3.88. The number of non-ortho nitro benzene ring substituents is 1. The Morgan fingerprint density at radius 1 is 1.38 bits per heavy atom. The van der Waals surface area contributed by atoms with Crippen molar-refractivity contribution in [3.63, 3.8) is 0 Å². The van der Waals surface area contributed by atoms with Gasteiger partial charge in [-0.1, -0.05) is 6.92 Å². The number of rotatable bonds is 6. The summed E-state index contributed by atoms with van der Waals surface area (Å²) in [5.41, 5.74) is 0.762. The Morgan fingerprint density at radius 2 is 2.19 bits per heavy atom. The van der Waals surface area contributed by atoms with Crippen LogP contribution in [0.4, 0.5) is 11.5 Å². The van der Waals surface area contributed by atoms with E-state index in [9.17, 15) is 10.1 Å². The van der Waals surface area contributed by atoms with Gasteiger partial charge in [0.1, 0.15) is 11.6 Å². The third-order valence-electron chi connectivity index (χ3n) is 2.77. The van der Waals surface area contributed by atoms with Gasteiger partial charge < -0.3 is 10.1 Å². The molecule has 0 saturated carbocycles. The highest BCUT2D eigenvalue weighted by molar-refractivity contribution is 5.45. The van der Waals surface area contributed by atoms with E-state index in [1.165, 1.54) is 18.3 Å². The molecule has 0 radical (unpaired) electrons. The van der Waals surface area contributed by atoms with Gasteiger partial charge in [-0.25, -0.2) is 0 Å².